The maximum Gasteiger partial charge on any atom is 0.320 e. The summed E-state index contributed by atoms with van der Waals surface area (Å²) in [7, 11) is 0. The molecule has 1 aliphatic heterocycles. The van der Waals surface area contributed by atoms with Gasteiger partial charge in [-0.25, -0.2) is 0 Å². The monoisotopic (exact) mass is 318 g/mol. The number of hydrogen-bond acceptors (Lipinski definition) is 4. The predicted octanol–water partition coefficient (Wildman–Crippen LogP) is 2.78. The van der Waals surface area contributed by atoms with Gasteiger partial charge in [0.05, 0.1) is 5.41 Å². The highest BCUT2D eigenvalue weighted by atomic mass is 16.6. The number of Topliss-reactive ketones (excluding diaryl/α,β-unsaturated/α-hetero) is 2. The van der Waals surface area contributed by atoms with E-state index in [-0.39, 0.29) is 35.2 Å². The van der Waals surface area contributed by atoms with Crippen molar-refractivity contribution < 1.29 is 19.1 Å². The molecular weight excluding hydrogens is 292 g/mol. The van der Waals surface area contributed by atoms with Crippen molar-refractivity contribution in [2.24, 2.45) is 40.4 Å². The van der Waals surface area contributed by atoms with Crippen molar-refractivity contribution in [1.29, 1.82) is 0 Å². The summed E-state index contributed by atoms with van der Waals surface area (Å²) in [5.74, 6) is -0.281. The Morgan fingerprint density at radius 1 is 1.00 bits per heavy atom. The van der Waals surface area contributed by atoms with Gasteiger partial charge in [0.15, 0.2) is 5.78 Å². The van der Waals surface area contributed by atoms with Gasteiger partial charge in [-0.05, 0) is 57.8 Å². The van der Waals surface area contributed by atoms with E-state index in [0.29, 0.717) is 5.92 Å². The Hall–Kier alpha value is -1.19. The van der Waals surface area contributed by atoms with Gasteiger partial charge in [0.2, 0.25) is 0 Å². The zero-order chi connectivity index (χ0) is 16.9. The summed E-state index contributed by atoms with van der Waals surface area (Å²) in [6.07, 6.45) is 2.65. The fourth-order valence-corrected chi connectivity index (χ4v) is 6.95. The van der Waals surface area contributed by atoms with Crippen LogP contribution in [0.1, 0.15) is 53.9 Å². The summed E-state index contributed by atoms with van der Waals surface area (Å²) in [5.41, 5.74) is -2.74. The lowest BCUT2D eigenvalue weighted by atomic mass is 9.58. The van der Waals surface area contributed by atoms with Gasteiger partial charge in [-0.15, -0.1) is 0 Å². The molecule has 0 aromatic rings. The third kappa shape index (κ3) is 1.39. The van der Waals surface area contributed by atoms with E-state index in [4.69, 9.17) is 4.74 Å². The number of hydrogen-bond donors (Lipinski definition) is 0. The minimum Gasteiger partial charge on any atom is -0.459 e. The normalized spacial score (nSPS) is 53.8. The minimum absolute atomic E-state index is 0.0447. The van der Waals surface area contributed by atoms with Crippen LogP contribution in [0, 0.1) is 40.4 Å². The molecule has 0 amide bonds. The van der Waals surface area contributed by atoms with Crippen LogP contribution in [-0.2, 0) is 19.1 Å². The molecule has 1 heterocycles. The Bertz CT molecular complexity index is 635. The zero-order valence-electron chi connectivity index (χ0n) is 14.6. The number of fused-ring (bicyclic) bond motifs is 2. The maximum absolute atomic E-state index is 13.6. The summed E-state index contributed by atoms with van der Waals surface area (Å²) < 4.78 is 5.60. The lowest BCUT2D eigenvalue weighted by Crippen LogP contribution is -2.53. The number of rotatable bonds is 0. The Balaban J connectivity index is 1.96. The van der Waals surface area contributed by atoms with E-state index >= 15 is 0 Å². The molecule has 0 aromatic carbocycles. The van der Waals surface area contributed by atoms with Crippen LogP contribution >= 0.6 is 0 Å². The molecule has 0 bridgehead atoms. The summed E-state index contributed by atoms with van der Waals surface area (Å²) in [5, 5.41) is 0. The molecule has 0 N–H and O–H groups in total. The second-order valence-corrected chi connectivity index (χ2v) is 9.14. The van der Waals surface area contributed by atoms with Crippen LogP contribution in [0.4, 0.5) is 0 Å². The van der Waals surface area contributed by atoms with Gasteiger partial charge < -0.3 is 4.74 Å². The summed E-state index contributed by atoms with van der Waals surface area (Å²) in [6.45, 7) is 9.66. The smallest absolute Gasteiger partial charge is 0.320 e. The van der Waals surface area contributed by atoms with Crippen molar-refractivity contribution in [3.63, 3.8) is 0 Å². The molecule has 4 heteroatoms. The van der Waals surface area contributed by atoms with Gasteiger partial charge in [-0.1, -0.05) is 13.8 Å². The lowest BCUT2D eigenvalue weighted by molar-refractivity contribution is -0.162. The van der Waals surface area contributed by atoms with Gasteiger partial charge >= 0.3 is 5.97 Å². The van der Waals surface area contributed by atoms with Gasteiger partial charge in [0.1, 0.15) is 16.8 Å². The highest BCUT2D eigenvalue weighted by molar-refractivity contribution is 6.20. The average molecular weight is 318 g/mol. The molecule has 0 aromatic heterocycles. The highest BCUT2D eigenvalue weighted by Gasteiger charge is 2.82. The number of esters is 1. The molecular formula is C19H26O4. The van der Waals surface area contributed by atoms with Crippen LogP contribution in [0.25, 0.3) is 0 Å². The van der Waals surface area contributed by atoms with Crippen molar-refractivity contribution in [1.82, 2.24) is 0 Å². The van der Waals surface area contributed by atoms with Crippen LogP contribution in [0.2, 0.25) is 0 Å². The number of carbonyl (C=O) groups excluding carboxylic acids is 3. The quantitative estimate of drug-likeness (QED) is 0.509. The number of ketones is 2. The van der Waals surface area contributed by atoms with E-state index in [1.54, 1.807) is 6.92 Å². The van der Waals surface area contributed by atoms with E-state index in [1.165, 1.54) is 0 Å². The Kier molecular flexibility index (Phi) is 2.71. The molecule has 3 aliphatic carbocycles. The Labute approximate surface area is 137 Å². The number of cyclic esters (lactones) is 1. The second kappa shape index (κ2) is 4.07. The number of ether oxygens (including phenoxy) is 1. The third-order valence-corrected chi connectivity index (χ3v) is 7.65. The van der Waals surface area contributed by atoms with E-state index in [9.17, 15) is 14.4 Å². The van der Waals surface area contributed by atoms with Gasteiger partial charge in [0.25, 0.3) is 0 Å². The van der Waals surface area contributed by atoms with Crippen molar-refractivity contribution in [3.05, 3.63) is 0 Å². The third-order valence-electron chi connectivity index (χ3n) is 7.65. The van der Waals surface area contributed by atoms with E-state index < -0.39 is 22.4 Å². The zero-order valence-corrected chi connectivity index (χ0v) is 14.6. The molecule has 4 aliphatic rings. The molecule has 4 rings (SSSR count). The molecule has 1 spiro atoms. The van der Waals surface area contributed by atoms with Crippen molar-refractivity contribution in [2.75, 3.05) is 0 Å². The Morgan fingerprint density at radius 2 is 1.65 bits per heavy atom. The van der Waals surface area contributed by atoms with Gasteiger partial charge in [-0.3, -0.25) is 14.4 Å². The minimum atomic E-state index is -1.14. The van der Waals surface area contributed by atoms with Crippen LogP contribution in [0.15, 0.2) is 0 Å². The predicted molar refractivity (Wildman–Crippen MR) is 83.4 cm³/mol. The van der Waals surface area contributed by atoms with Crippen LogP contribution in [0.3, 0.4) is 0 Å². The molecule has 7 atom stereocenters. The standard InChI is InChI=1S/C19H26O4/c1-9-6-7-11-10(2)8-12-13-17(3,4)23-16(22)18(13,5)15(21)19(11,12)14(9)20/h9-13H,6-8H2,1-5H3/t9-,10+,11-,12+,13-,18+,19+/m1/s1. The van der Waals surface area contributed by atoms with Gasteiger partial charge in [0, 0.05) is 11.8 Å². The maximum atomic E-state index is 13.6. The number of carbonyl (C=O) groups is 3. The van der Waals surface area contributed by atoms with E-state index in [2.05, 4.69) is 6.92 Å². The molecule has 23 heavy (non-hydrogen) atoms. The second-order valence-electron chi connectivity index (χ2n) is 9.14. The highest BCUT2D eigenvalue weighted by Crippen LogP contribution is 2.72. The molecule has 1 saturated heterocycles. The van der Waals surface area contributed by atoms with Crippen molar-refractivity contribution in [2.45, 2.75) is 59.5 Å². The van der Waals surface area contributed by atoms with Crippen LogP contribution in [0.5, 0.6) is 0 Å². The van der Waals surface area contributed by atoms with Gasteiger partial charge in [-0.2, -0.15) is 0 Å². The van der Waals surface area contributed by atoms with Crippen LogP contribution < -0.4 is 0 Å². The summed E-state index contributed by atoms with van der Waals surface area (Å²) >= 11 is 0. The first-order valence-corrected chi connectivity index (χ1v) is 8.92. The molecule has 4 fully saturated rings. The first-order valence-electron chi connectivity index (χ1n) is 8.92. The Morgan fingerprint density at radius 3 is 2.30 bits per heavy atom. The fourth-order valence-electron chi connectivity index (χ4n) is 6.95. The first-order chi connectivity index (χ1) is 10.6. The average Bonchev–Trinajstić information content (AvgIpc) is 2.91. The fraction of sp³-hybridized carbons (Fsp3) is 0.842. The lowest BCUT2D eigenvalue weighted by Gasteiger charge is -2.42. The summed E-state index contributed by atoms with van der Waals surface area (Å²) in [6, 6.07) is 0. The molecule has 0 unspecified atom stereocenters. The van der Waals surface area contributed by atoms with E-state index in [0.717, 1.165) is 19.3 Å². The molecule has 3 saturated carbocycles. The first kappa shape index (κ1) is 15.3. The van der Waals surface area contributed by atoms with Crippen molar-refractivity contribution >= 4 is 17.5 Å². The largest absolute Gasteiger partial charge is 0.459 e. The summed E-state index contributed by atoms with van der Waals surface area (Å²) in [4.78, 5) is 39.5. The molecule has 126 valence electrons. The molecule has 0 radical (unpaired) electrons. The molecule has 4 nitrogen and oxygen atoms in total. The topological polar surface area (TPSA) is 60.4 Å². The van der Waals surface area contributed by atoms with E-state index in [1.807, 2.05) is 20.8 Å². The SMILES string of the molecule is C[C@@H]1CC[C@@H]2[C@@H](C)C[C@H]3[C@@H]4C(C)(C)OC(=O)[C@]4(C)C(=O)[C@@]23C1=O. The van der Waals surface area contributed by atoms with Crippen molar-refractivity contribution in [3.8, 4) is 0 Å². The van der Waals surface area contributed by atoms with Crippen LogP contribution in [-0.4, -0.2) is 23.1 Å².